The highest BCUT2D eigenvalue weighted by Gasteiger charge is 2.13. The topological polar surface area (TPSA) is 69.2 Å². The number of nitrogens with one attached hydrogen (secondary N) is 1. The highest BCUT2D eigenvalue weighted by Crippen LogP contribution is 2.40. The van der Waals surface area contributed by atoms with Gasteiger partial charge in [0.25, 0.3) is 0 Å². The van der Waals surface area contributed by atoms with Crippen LogP contribution < -0.4 is 24.3 Å². The summed E-state index contributed by atoms with van der Waals surface area (Å²) in [4.78, 5) is 0. The molecular weight excluding hydrogens is 298 g/mol. The van der Waals surface area contributed by atoms with Crippen molar-refractivity contribution >= 4 is 5.69 Å². The van der Waals surface area contributed by atoms with E-state index in [9.17, 15) is 5.11 Å². The second-order valence-electron chi connectivity index (χ2n) is 4.74. The number of ether oxygens (including phenoxy) is 4. The summed E-state index contributed by atoms with van der Waals surface area (Å²) in [7, 11) is 6.21. The van der Waals surface area contributed by atoms with Crippen LogP contribution in [0.3, 0.4) is 0 Å². The lowest BCUT2D eigenvalue weighted by Crippen LogP contribution is -2.02. The van der Waals surface area contributed by atoms with E-state index in [0.717, 1.165) is 11.3 Å². The maximum absolute atomic E-state index is 10.1. The van der Waals surface area contributed by atoms with Crippen LogP contribution in [-0.2, 0) is 6.54 Å². The zero-order valence-electron chi connectivity index (χ0n) is 13.7. The van der Waals surface area contributed by atoms with Gasteiger partial charge >= 0.3 is 0 Å². The van der Waals surface area contributed by atoms with Crippen molar-refractivity contribution in [2.75, 3.05) is 33.8 Å². The molecule has 0 fully saturated rings. The predicted molar refractivity (Wildman–Crippen MR) is 88.1 cm³/mol. The molecule has 6 nitrogen and oxygen atoms in total. The number of phenolic OH excluding ortho intramolecular Hbond substituents is 1. The molecule has 0 amide bonds. The SMILES string of the molecule is COc1cccc(CNc2cc(OC)c(OC)c(OC)c2)c1O. The molecule has 0 aliphatic heterocycles. The maximum atomic E-state index is 10.1. The first-order valence-electron chi connectivity index (χ1n) is 7.03. The van der Waals surface area contributed by atoms with Gasteiger partial charge in [-0.05, 0) is 6.07 Å². The first-order chi connectivity index (χ1) is 11.1. The Labute approximate surface area is 135 Å². The number of anilines is 1. The Bertz CT molecular complexity index is 647. The fourth-order valence-corrected chi connectivity index (χ4v) is 2.26. The van der Waals surface area contributed by atoms with E-state index in [0.29, 0.717) is 29.5 Å². The second-order valence-corrected chi connectivity index (χ2v) is 4.74. The summed E-state index contributed by atoms with van der Waals surface area (Å²) in [6.45, 7) is 0.418. The average molecular weight is 319 g/mol. The minimum atomic E-state index is 0.120. The molecule has 0 unspecified atom stereocenters. The number of hydrogen-bond acceptors (Lipinski definition) is 6. The quantitative estimate of drug-likeness (QED) is 0.817. The molecule has 0 aromatic heterocycles. The molecule has 2 N–H and O–H groups in total. The molecule has 23 heavy (non-hydrogen) atoms. The van der Waals surface area contributed by atoms with Crippen LogP contribution in [0.1, 0.15) is 5.56 Å². The van der Waals surface area contributed by atoms with E-state index in [-0.39, 0.29) is 5.75 Å². The molecular formula is C17H21NO5. The highest BCUT2D eigenvalue weighted by atomic mass is 16.5. The molecule has 124 valence electrons. The third-order valence-corrected chi connectivity index (χ3v) is 3.45. The molecule has 2 aromatic rings. The van der Waals surface area contributed by atoms with Gasteiger partial charge < -0.3 is 29.4 Å². The van der Waals surface area contributed by atoms with Crippen molar-refractivity contribution < 1.29 is 24.1 Å². The molecule has 2 aromatic carbocycles. The van der Waals surface area contributed by atoms with Crippen molar-refractivity contribution in [3.8, 4) is 28.7 Å². The molecule has 0 spiro atoms. The van der Waals surface area contributed by atoms with Crippen LogP contribution in [0, 0.1) is 0 Å². The van der Waals surface area contributed by atoms with E-state index in [2.05, 4.69) is 5.32 Å². The third-order valence-electron chi connectivity index (χ3n) is 3.45. The molecule has 6 heteroatoms. The van der Waals surface area contributed by atoms with Crippen molar-refractivity contribution in [1.82, 2.24) is 0 Å². The summed E-state index contributed by atoms with van der Waals surface area (Å²) in [5.74, 6) is 2.21. The van der Waals surface area contributed by atoms with Crippen molar-refractivity contribution in [3.63, 3.8) is 0 Å². The summed E-state index contributed by atoms with van der Waals surface area (Å²) >= 11 is 0. The van der Waals surface area contributed by atoms with Gasteiger partial charge in [-0.2, -0.15) is 0 Å². The van der Waals surface area contributed by atoms with Crippen molar-refractivity contribution in [2.24, 2.45) is 0 Å². The lowest BCUT2D eigenvalue weighted by atomic mass is 10.1. The van der Waals surface area contributed by atoms with Crippen LogP contribution >= 0.6 is 0 Å². The van der Waals surface area contributed by atoms with Crippen LogP contribution in [0.5, 0.6) is 28.7 Å². The largest absolute Gasteiger partial charge is 0.504 e. The summed E-state index contributed by atoms with van der Waals surface area (Å²) in [6, 6.07) is 8.96. The number of phenols is 1. The van der Waals surface area contributed by atoms with Crippen molar-refractivity contribution in [2.45, 2.75) is 6.54 Å². The minimum absolute atomic E-state index is 0.120. The maximum Gasteiger partial charge on any atom is 0.203 e. The van der Waals surface area contributed by atoms with E-state index in [1.54, 1.807) is 39.5 Å². The number of rotatable bonds is 7. The minimum Gasteiger partial charge on any atom is -0.504 e. The number of aromatic hydroxyl groups is 1. The lowest BCUT2D eigenvalue weighted by molar-refractivity contribution is 0.324. The van der Waals surface area contributed by atoms with Gasteiger partial charge in [0.05, 0.1) is 28.4 Å². The van der Waals surface area contributed by atoms with Gasteiger partial charge in [-0.15, -0.1) is 0 Å². The number of benzene rings is 2. The summed E-state index contributed by atoms with van der Waals surface area (Å²) in [5.41, 5.74) is 1.50. The Balaban J connectivity index is 2.24. The first kappa shape index (κ1) is 16.6. The van der Waals surface area contributed by atoms with E-state index in [4.69, 9.17) is 18.9 Å². The molecule has 0 radical (unpaired) electrons. The van der Waals surface area contributed by atoms with Gasteiger partial charge in [-0.1, -0.05) is 12.1 Å². The predicted octanol–water partition coefficient (Wildman–Crippen LogP) is 3.04. The Hall–Kier alpha value is -2.76. The molecule has 0 aliphatic carbocycles. The van der Waals surface area contributed by atoms with Crippen LogP contribution in [0.2, 0.25) is 0 Å². The summed E-state index contributed by atoms with van der Waals surface area (Å²) in [6.07, 6.45) is 0. The molecule has 2 rings (SSSR count). The Kier molecular flexibility index (Phi) is 5.41. The summed E-state index contributed by atoms with van der Waals surface area (Å²) in [5, 5.41) is 13.3. The number of hydrogen-bond donors (Lipinski definition) is 2. The second kappa shape index (κ2) is 7.49. The lowest BCUT2D eigenvalue weighted by Gasteiger charge is -2.15. The fraction of sp³-hybridized carbons (Fsp3) is 0.294. The first-order valence-corrected chi connectivity index (χ1v) is 7.03. The Morgan fingerprint density at radius 2 is 1.48 bits per heavy atom. The van der Waals surface area contributed by atoms with E-state index >= 15 is 0 Å². The normalized spacial score (nSPS) is 10.1. The van der Waals surface area contributed by atoms with Crippen LogP contribution in [0.4, 0.5) is 5.69 Å². The van der Waals surface area contributed by atoms with Gasteiger partial charge in [0.15, 0.2) is 23.0 Å². The fourth-order valence-electron chi connectivity index (χ4n) is 2.26. The van der Waals surface area contributed by atoms with Gasteiger partial charge in [0, 0.05) is 29.9 Å². The van der Waals surface area contributed by atoms with E-state index in [1.807, 2.05) is 12.1 Å². The molecule has 0 saturated carbocycles. The Morgan fingerprint density at radius 3 is 2.00 bits per heavy atom. The third kappa shape index (κ3) is 3.53. The smallest absolute Gasteiger partial charge is 0.203 e. The van der Waals surface area contributed by atoms with E-state index in [1.165, 1.54) is 7.11 Å². The average Bonchev–Trinajstić information content (AvgIpc) is 2.59. The molecule has 0 atom stereocenters. The number of para-hydroxylation sites is 1. The molecule has 0 heterocycles. The zero-order valence-corrected chi connectivity index (χ0v) is 13.7. The Morgan fingerprint density at radius 1 is 0.870 bits per heavy atom. The van der Waals surface area contributed by atoms with Gasteiger partial charge in [0.1, 0.15) is 0 Å². The van der Waals surface area contributed by atoms with Gasteiger partial charge in [-0.25, -0.2) is 0 Å². The standard InChI is InChI=1S/C17H21NO5/c1-20-13-7-5-6-11(16(13)19)10-18-12-8-14(21-2)17(23-4)15(9-12)22-3/h5-9,18-19H,10H2,1-4H3. The molecule has 0 bridgehead atoms. The highest BCUT2D eigenvalue weighted by molar-refractivity contribution is 5.63. The zero-order chi connectivity index (χ0) is 16.8. The number of methoxy groups -OCH3 is 4. The van der Waals surface area contributed by atoms with Crippen LogP contribution in [-0.4, -0.2) is 33.5 Å². The van der Waals surface area contributed by atoms with Gasteiger partial charge in [0.2, 0.25) is 5.75 Å². The molecule has 0 saturated heterocycles. The summed E-state index contributed by atoms with van der Waals surface area (Å²) < 4.78 is 21.0. The van der Waals surface area contributed by atoms with Crippen molar-refractivity contribution in [3.05, 3.63) is 35.9 Å². The van der Waals surface area contributed by atoms with Crippen LogP contribution in [0.25, 0.3) is 0 Å². The monoisotopic (exact) mass is 319 g/mol. The van der Waals surface area contributed by atoms with E-state index < -0.39 is 0 Å². The van der Waals surface area contributed by atoms with Crippen molar-refractivity contribution in [1.29, 1.82) is 0 Å². The molecule has 0 aliphatic rings. The van der Waals surface area contributed by atoms with Gasteiger partial charge in [-0.3, -0.25) is 0 Å². The van der Waals surface area contributed by atoms with Crippen LogP contribution in [0.15, 0.2) is 30.3 Å².